The quantitative estimate of drug-likeness (QED) is 0.835. The minimum Gasteiger partial charge on any atom is -0.376 e. The molecule has 1 aliphatic carbocycles. The van der Waals surface area contributed by atoms with Gasteiger partial charge < -0.3 is 15.4 Å². The van der Waals surface area contributed by atoms with Crippen molar-refractivity contribution in [3.63, 3.8) is 0 Å². The van der Waals surface area contributed by atoms with Crippen LogP contribution >= 0.6 is 0 Å². The minimum atomic E-state index is -0.0721. The van der Waals surface area contributed by atoms with E-state index in [-0.39, 0.29) is 18.2 Å². The average molecular weight is 343 g/mol. The van der Waals surface area contributed by atoms with E-state index in [0.29, 0.717) is 12.5 Å². The highest BCUT2D eigenvalue weighted by atomic mass is 16.5. The first kappa shape index (κ1) is 16.9. The number of benzene rings is 1. The highest BCUT2D eigenvalue weighted by Gasteiger charge is 2.41. The van der Waals surface area contributed by atoms with Gasteiger partial charge >= 0.3 is 6.03 Å². The Labute approximate surface area is 150 Å². The predicted molar refractivity (Wildman–Crippen MR) is 97.2 cm³/mol. The van der Waals surface area contributed by atoms with E-state index >= 15 is 0 Å². The number of ether oxygens (including phenoxy) is 1. The molecule has 0 unspecified atom stereocenters. The van der Waals surface area contributed by atoms with Crippen LogP contribution in [0, 0.1) is 5.92 Å². The highest BCUT2D eigenvalue weighted by Crippen LogP contribution is 2.38. The summed E-state index contributed by atoms with van der Waals surface area (Å²) < 4.78 is 5.80. The standard InChI is InChI=1S/C20H29N3O2/c24-20(22-18-9-12-25-19(18)15-7-8-15)21-13-16-5-1-2-6-17(16)14-23-10-3-4-11-23/h1-2,5-6,15,18-19H,3-4,7-14H2,(H2,21,22,24)/t18-,19-/m1/s1. The first-order chi connectivity index (χ1) is 12.3. The fourth-order valence-corrected chi connectivity index (χ4v) is 4.12. The van der Waals surface area contributed by atoms with Crippen LogP contribution in [0.1, 0.15) is 43.2 Å². The summed E-state index contributed by atoms with van der Waals surface area (Å²) in [6, 6.07) is 8.55. The first-order valence-electron chi connectivity index (χ1n) is 9.75. The normalized spacial score (nSPS) is 26.7. The van der Waals surface area contributed by atoms with E-state index in [4.69, 9.17) is 4.74 Å². The van der Waals surface area contributed by atoms with Crippen molar-refractivity contribution in [2.24, 2.45) is 5.92 Å². The number of rotatable bonds is 6. The Balaban J connectivity index is 1.29. The topological polar surface area (TPSA) is 53.6 Å². The van der Waals surface area contributed by atoms with Gasteiger partial charge in [-0.2, -0.15) is 0 Å². The lowest BCUT2D eigenvalue weighted by atomic mass is 10.1. The fraction of sp³-hybridized carbons (Fsp3) is 0.650. The van der Waals surface area contributed by atoms with Gasteiger partial charge in [-0.25, -0.2) is 4.79 Å². The van der Waals surface area contributed by atoms with Crippen LogP contribution in [0.4, 0.5) is 4.79 Å². The maximum absolute atomic E-state index is 12.3. The summed E-state index contributed by atoms with van der Waals surface area (Å²) in [7, 11) is 0. The molecule has 25 heavy (non-hydrogen) atoms. The molecule has 5 heteroatoms. The van der Waals surface area contributed by atoms with Crippen molar-refractivity contribution < 1.29 is 9.53 Å². The zero-order valence-electron chi connectivity index (χ0n) is 14.9. The van der Waals surface area contributed by atoms with Crippen molar-refractivity contribution in [1.29, 1.82) is 0 Å². The summed E-state index contributed by atoms with van der Waals surface area (Å²) in [6.45, 7) is 4.71. The largest absolute Gasteiger partial charge is 0.376 e. The first-order valence-corrected chi connectivity index (χ1v) is 9.75. The van der Waals surface area contributed by atoms with Crippen LogP contribution in [0.2, 0.25) is 0 Å². The second-order valence-electron chi connectivity index (χ2n) is 7.65. The van der Waals surface area contributed by atoms with Crippen molar-refractivity contribution in [1.82, 2.24) is 15.5 Å². The molecule has 3 fully saturated rings. The molecular formula is C20H29N3O2. The molecule has 136 valence electrons. The highest BCUT2D eigenvalue weighted by molar-refractivity contribution is 5.74. The summed E-state index contributed by atoms with van der Waals surface area (Å²) in [6.07, 6.45) is 6.25. The molecule has 0 radical (unpaired) electrons. The van der Waals surface area contributed by atoms with Crippen LogP contribution < -0.4 is 10.6 Å². The van der Waals surface area contributed by atoms with Gasteiger partial charge in [0.1, 0.15) is 0 Å². The number of carbonyl (C=O) groups is 1. The molecule has 3 aliphatic rings. The van der Waals surface area contributed by atoms with Gasteiger partial charge in [-0.1, -0.05) is 24.3 Å². The zero-order chi connectivity index (χ0) is 17.1. The minimum absolute atomic E-state index is 0.0721. The Morgan fingerprint density at radius 3 is 2.64 bits per heavy atom. The van der Waals surface area contributed by atoms with Crippen LogP contribution in [-0.4, -0.2) is 42.8 Å². The molecule has 2 N–H and O–H groups in total. The van der Waals surface area contributed by atoms with Crippen LogP contribution in [-0.2, 0) is 17.8 Å². The van der Waals surface area contributed by atoms with Crippen molar-refractivity contribution in [2.45, 2.75) is 57.3 Å². The zero-order valence-corrected chi connectivity index (χ0v) is 14.9. The van der Waals surface area contributed by atoms with Gasteiger partial charge in [-0.3, -0.25) is 4.90 Å². The third-order valence-electron chi connectivity index (χ3n) is 5.69. The lowest BCUT2D eigenvalue weighted by molar-refractivity contribution is 0.0825. The second kappa shape index (κ2) is 7.75. The molecular weight excluding hydrogens is 314 g/mol. The number of hydrogen-bond acceptors (Lipinski definition) is 3. The number of urea groups is 1. The molecule has 0 spiro atoms. The Morgan fingerprint density at radius 2 is 1.88 bits per heavy atom. The summed E-state index contributed by atoms with van der Waals surface area (Å²) in [4.78, 5) is 14.8. The lowest BCUT2D eigenvalue weighted by Gasteiger charge is -2.20. The number of likely N-dealkylation sites (tertiary alicyclic amines) is 1. The lowest BCUT2D eigenvalue weighted by Crippen LogP contribution is -2.46. The van der Waals surface area contributed by atoms with Gasteiger partial charge in [0.25, 0.3) is 0 Å². The third-order valence-corrected chi connectivity index (χ3v) is 5.69. The third kappa shape index (κ3) is 4.33. The maximum Gasteiger partial charge on any atom is 0.315 e. The van der Waals surface area contributed by atoms with Gasteiger partial charge in [0.2, 0.25) is 0 Å². The van der Waals surface area contributed by atoms with Crippen molar-refractivity contribution in [3.8, 4) is 0 Å². The van der Waals surface area contributed by atoms with Crippen molar-refractivity contribution >= 4 is 6.03 Å². The number of nitrogens with zero attached hydrogens (tertiary/aromatic N) is 1. The number of carbonyl (C=O) groups excluding carboxylic acids is 1. The Kier molecular flexibility index (Phi) is 5.22. The smallest absolute Gasteiger partial charge is 0.315 e. The molecule has 0 aromatic heterocycles. The van der Waals surface area contributed by atoms with E-state index < -0.39 is 0 Å². The summed E-state index contributed by atoms with van der Waals surface area (Å²) in [5.74, 6) is 0.661. The van der Waals surface area contributed by atoms with Crippen LogP contribution in [0.15, 0.2) is 24.3 Å². The predicted octanol–water partition coefficient (Wildman–Crippen LogP) is 2.65. The Morgan fingerprint density at radius 1 is 1.12 bits per heavy atom. The van der Waals surface area contributed by atoms with E-state index in [9.17, 15) is 4.79 Å². The van der Waals surface area contributed by atoms with Crippen LogP contribution in [0.3, 0.4) is 0 Å². The molecule has 2 heterocycles. The Bertz CT molecular complexity index is 596. The monoisotopic (exact) mass is 343 g/mol. The fourth-order valence-electron chi connectivity index (χ4n) is 4.12. The molecule has 2 atom stereocenters. The Hall–Kier alpha value is -1.59. The molecule has 5 nitrogen and oxygen atoms in total. The van der Waals surface area contributed by atoms with Gasteiger partial charge in [0.05, 0.1) is 12.1 Å². The maximum atomic E-state index is 12.3. The number of nitrogens with one attached hydrogen (secondary N) is 2. The molecule has 2 amide bonds. The van der Waals surface area contributed by atoms with E-state index in [2.05, 4.69) is 39.8 Å². The van der Waals surface area contributed by atoms with E-state index in [1.807, 2.05) is 0 Å². The molecule has 2 saturated heterocycles. The number of hydrogen-bond donors (Lipinski definition) is 2. The number of amides is 2. The summed E-state index contributed by atoms with van der Waals surface area (Å²) in [5.41, 5.74) is 2.54. The van der Waals surface area contributed by atoms with E-state index in [1.165, 1.54) is 49.9 Å². The summed E-state index contributed by atoms with van der Waals surface area (Å²) in [5, 5.41) is 6.17. The van der Waals surface area contributed by atoms with Crippen LogP contribution in [0.25, 0.3) is 0 Å². The molecule has 1 saturated carbocycles. The van der Waals surface area contributed by atoms with E-state index in [0.717, 1.165) is 19.6 Å². The average Bonchev–Trinajstić information content (AvgIpc) is 3.13. The molecule has 1 aromatic carbocycles. The molecule has 2 aliphatic heterocycles. The van der Waals surface area contributed by atoms with Gasteiger partial charge in [0, 0.05) is 19.7 Å². The van der Waals surface area contributed by atoms with Gasteiger partial charge in [-0.15, -0.1) is 0 Å². The van der Waals surface area contributed by atoms with Crippen molar-refractivity contribution in [2.75, 3.05) is 19.7 Å². The van der Waals surface area contributed by atoms with Gasteiger partial charge in [-0.05, 0) is 62.2 Å². The van der Waals surface area contributed by atoms with E-state index in [1.54, 1.807) is 0 Å². The summed E-state index contributed by atoms with van der Waals surface area (Å²) >= 11 is 0. The molecule has 0 bridgehead atoms. The SMILES string of the molecule is O=C(NCc1ccccc1CN1CCCC1)N[C@@H]1CCO[C@@H]1C1CC1. The second-order valence-corrected chi connectivity index (χ2v) is 7.65. The molecule has 4 rings (SSSR count). The molecule has 1 aromatic rings. The van der Waals surface area contributed by atoms with Crippen molar-refractivity contribution in [3.05, 3.63) is 35.4 Å². The van der Waals surface area contributed by atoms with Gasteiger partial charge in [0.15, 0.2) is 0 Å². The van der Waals surface area contributed by atoms with Crippen LogP contribution in [0.5, 0.6) is 0 Å².